The first kappa shape index (κ1) is 8.52. The summed E-state index contributed by atoms with van der Waals surface area (Å²) >= 11 is -0.123. The maximum atomic E-state index is 1.64. The van der Waals surface area contributed by atoms with Gasteiger partial charge < -0.3 is 0 Å². The van der Waals surface area contributed by atoms with E-state index in [0.717, 1.165) is 0 Å². The van der Waals surface area contributed by atoms with E-state index in [2.05, 4.69) is 0 Å². The molecular formula is C10H18Pb+2. The Hall–Kier alpha value is 0.922. The Morgan fingerprint density at radius 3 is 1.36 bits per heavy atom. The van der Waals surface area contributed by atoms with Gasteiger partial charge in [-0.3, -0.25) is 0 Å². The normalized spacial score (nSPS) is 27.6. The van der Waals surface area contributed by atoms with Crippen LogP contribution in [0.25, 0.3) is 0 Å². The second kappa shape index (κ2) is 4.24. The maximum absolute atomic E-state index is 1.64. The summed E-state index contributed by atoms with van der Waals surface area (Å²) in [6.07, 6.45) is 12.8. The van der Waals surface area contributed by atoms with Crippen molar-refractivity contribution in [2.75, 3.05) is 0 Å². The first-order valence-corrected chi connectivity index (χ1v) is 9.70. The molecule has 0 heterocycles. The zero-order chi connectivity index (χ0) is 7.52. The van der Waals surface area contributed by atoms with E-state index >= 15 is 0 Å². The van der Waals surface area contributed by atoms with Crippen molar-refractivity contribution < 1.29 is 0 Å². The van der Waals surface area contributed by atoms with Crippen LogP contribution in [0.1, 0.15) is 51.4 Å². The van der Waals surface area contributed by atoms with Crippen molar-refractivity contribution in [3.05, 3.63) is 0 Å². The van der Waals surface area contributed by atoms with Gasteiger partial charge in [0.15, 0.2) is 0 Å². The summed E-state index contributed by atoms with van der Waals surface area (Å²) in [7, 11) is 0. The molecule has 0 spiro atoms. The minimum atomic E-state index is -0.123. The fourth-order valence-corrected chi connectivity index (χ4v) is 10.9. The molecule has 11 heavy (non-hydrogen) atoms. The second-order valence-electron chi connectivity index (χ2n) is 4.13. The zero-order valence-electron chi connectivity index (χ0n) is 7.31. The predicted molar refractivity (Wildman–Crippen MR) is 50.2 cm³/mol. The molecule has 0 N–H and O–H groups in total. The standard InChI is InChI=1S/2C5H9.Pb/c2*1-2-4-5-3-1;/h2*1H,2-5H2;/q;;+2. The van der Waals surface area contributed by atoms with Gasteiger partial charge in [0.25, 0.3) is 0 Å². The van der Waals surface area contributed by atoms with Crippen molar-refractivity contribution in [2.45, 2.75) is 58.3 Å². The van der Waals surface area contributed by atoms with Crippen LogP contribution in [0, 0.1) is 0 Å². The summed E-state index contributed by atoms with van der Waals surface area (Å²) in [6, 6.07) is 0. The van der Waals surface area contributed by atoms with E-state index in [1.807, 2.05) is 0 Å². The molecular weight excluding hydrogens is 327 g/mol. The molecule has 2 aliphatic rings. The van der Waals surface area contributed by atoms with E-state index in [0.29, 0.717) is 0 Å². The Kier molecular flexibility index (Phi) is 3.28. The van der Waals surface area contributed by atoms with Crippen LogP contribution in [0.2, 0.25) is 6.95 Å². The molecule has 0 atom stereocenters. The van der Waals surface area contributed by atoms with Gasteiger partial charge in [0.1, 0.15) is 0 Å². The van der Waals surface area contributed by atoms with Gasteiger partial charge in [-0.1, -0.05) is 0 Å². The van der Waals surface area contributed by atoms with Crippen LogP contribution >= 0.6 is 0 Å². The van der Waals surface area contributed by atoms with Gasteiger partial charge in [-0.2, -0.15) is 0 Å². The first-order chi connectivity index (χ1) is 5.45. The van der Waals surface area contributed by atoms with Crippen molar-refractivity contribution >= 4 is 24.2 Å². The summed E-state index contributed by atoms with van der Waals surface area (Å²) in [5, 5.41) is 0. The SMILES string of the molecule is C1CC[CH]([Pb+2][CH]2CCCC2)C1. The monoisotopic (exact) mass is 346 g/mol. The van der Waals surface area contributed by atoms with Gasteiger partial charge in [-0.25, -0.2) is 0 Å². The van der Waals surface area contributed by atoms with Crippen LogP contribution in [0.3, 0.4) is 0 Å². The molecule has 0 bridgehead atoms. The van der Waals surface area contributed by atoms with Crippen LogP contribution in [-0.2, 0) is 0 Å². The molecule has 2 rings (SSSR count). The molecule has 0 nitrogen and oxygen atoms in total. The molecule has 2 fully saturated rings. The van der Waals surface area contributed by atoms with E-state index in [4.69, 9.17) is 0 Å². The second-order valence-corrected chi connectivity index (χ2v) is 11.8. The van der Waals surface area contributed by atoms with Crippen molar-refractivity contribution in [1.82, 2.24) is 0 Å². The summed E-state index contributed by atoms with van der Waals surface area (Å²) in [6.45, 7) is 0. The molecule has 0 aromatic heterocycles. The molecule has 0 radical (unpaired) electrons. The van der Waals surface area contributed by atoms with Crippen molar-refractivity contribution in [1.29, 1.82) is 0 Å². The fraction of sp³-hybridized carbons (Fsp3) is 1.00. The van der Waals surface area contributed by atoms with E-state index in [9.17, 15) is 0 Å². The van der Waals surface area contributed by atoms with Gasteiger partial charge in [-0.05, 0) is 0 Å². The molecule has 0 saturated heterocycles. The summed E-state index contributed by atoms with van der Waals surface area (Å²) in [5.74, 6) is 0. The molecule has 0 aliphatic heterocycles. The van der Waals surface area contributed by atoms with E-state index in [-0.39, 0.29) is 24.2 Å². The van der Waals surface area contributed by atoms with Gasteiger partial charge in [-0.15, -0.1) is 0 Å². The van der Waals surface area contributed by atoms with Gasteiger partial charge >= 0.3 is 82.6 Å². The molecule has 0 amide bonds. The molecule has 60 valence electrons. The summed E-state index contributed by atoms with van der Waals surface area (Å²) in [5.41, 5.74) is 0. The van der Waals surface area contributed by atoms with Crippen LogP contribution in [-0.4, -0.2) is 24.2 Å². The first-order valence-electron chi connectivity index (χ1n) is 5.21. The van der Waals surface area contributed by atoms with Crippen molar-refractivity contribution in [2.24, 2.45) is 0 Å². The van der Waals surface area contributed by atoms with Crippen molar-refractivity contribution in [3.63, 3.8) is 0 Å². The quantitative estimate of drug-likeness (QED) is 0.673. The molecule has 1 heteroatoms. The number of hydrogen-bond acceptors (Lipinski definition) is 0. The van der Waals surface area contributed by atoms with Gasteiger partial charge in [0, 0.05) is 0 Å². The van der Waals surface area contributed by atoms with Gasteiger partial charge in [0.05, 0.1) is 0 Å². The topological polar surface area (TPSA) is 0 Å². The van der Waals surface area contributed by atoms with E-state index in [1.165, 1.54) is 6.95 Å². The molecule has 0 aromatic rings. The Bertz CT molecular complexity index is 96.0. The van der Waals surface area contributed by atoms with Gasteiger partial charge in [0.2, 0.25) is 0 Å². The number of hydrogen-bond donors (Lipinski definition) is 0. The Labute approximate surface area is 82.4 Å². The van der Waals surface area contributed by atoms with Crippen molar-refractivity contribution in [3.8, 4) is 0 Å². The van der Waals surface area contributed by atoms with Crippen LogP contribution in [0.4, 0.5) is 0 Å². The molecule has 2 saturated carbocycles. The van der Waals surface area contributed by atoms with E-state index < -0.39 is 0 Å². The average Bonchev–Trinajstić information content (AvgIpc) is 2.60. The Morgan fingerprint density at radius 2 is 1.00 bits per heavy atom. The van der Waals surface area contributed by atoms with Crippen LogP contribution in [0.15, 0.2) is 0 Å². The molecule has 2 aliphatic carbocycles. The fourth-order valence-electron chi connectivity index (χ4n) is 2.52. The third-order valence-electron chi connectivity index (χ3n) is 3.18. The minimum absolute atomic E-state index is 0.123. The average molecular weight is 345 g/mol. The van der Waals surface area contributed by atoms with Crippen LogP contribution in [0.5, 0.6) is 0 Å². The third-order valence-corrected chi connectivity index (χ3v) is 11.3. The molecule has 0 aromatic carbocycles. The zero-order valence-corrected chi connectivity index (χ0v) is 11.2. The molecule has 0 unspecified atom stereocenters. The third kappa shape index (κ3) is 2.43. The Morgan fingerprint density at radius 1 is 0.636 bits per heavy atom. The van der Waals surface area contributed by atoms with Crippen LogP contribution < -0.4 is 0 Å². The number of rotatable bonds is 2. The van der Waals surface area contributed by atoms with E-state index in [1.54, 1.807) is 51.4 Å². The summed E-state index contributed by atoms with van der Waals surface area (Å²) < 4.78 is 2.66. The summed E-state index contributed by atoms with van der Waals surface area (Å²) in [4.78, 5) is 0. The Balaban J connectivity index is 1.71. The predicted octanol–water partition coefficient (Wildman–Crippen LogP) is 3.42.